The zero-order valence-corrected chi connectivity index (χ0v) is 19.0. The molecule has 0 amide bonds. The molecule has 32 heavy (non-hydrogen) atoms. The van der Waals surface area contributed by atoms with E-state index in [1.807, 2.05) is 24.3 Å². The molecule has 3 aromatic rings. The Balaban J connectivity index is 1.48. The van der Waals surface area contributed by atoms with E-state index in [2.05, 4.69) is 38.1 Å². The summed E-state index contributed by atoms with van der Waals surface area (Å²) in [6.45, 7) is 4.35. The van der Waals surface area contributed by atoms with Gasteiger partial charge in [-0.15, -0.1) is 0 Å². The van der Waals surface area contributed by atoms with Crippen molar-refractivity contribution in [3.05, 3.63) is 77.9 Å². The second-order valence-corrected chi connectivity index (χ2v) is 8.97. The molecule has 4 rings (SSSR count). The molecule has 0 aromatic heterocycles. The van der Waals surface area contributed by atoms with Gasteiger partial charge in [-0.3, -0.25) is 0 Å². The van der Waals surface area contributed by atoms with Gasteiger partial charge in [0.2, 0.25) is 5.82 Å². The lowest BCUT2D eigenvalue weighted by atomic mass is 9.98. The highest BCUT2D eigenvalue weighted by atomic mass is 19.2. The zero-order valence-electron chi connectivity index (χ0n) is 19.0. The van der Waals surface area contributed by atoms with Crippen LogP contribution in [0.5, 0.6) is 5.75 Å². The summed E-state index contributed by atoms with van der Waals surface area (Å²) in [6, 6.07) is 19.3. The molecule has 168 valence electrons. The number of halogens is 2. The van der Waals surface area contributed by atoms with E-state index < -0.39 is 11.6 Å². The van der Waals surface area contributed by atoms with Crippen LogP contribution in [0.15, 0.2) is 60.7 Å². The molecule has 1 aliphatic carbocycles. The van der Waals surface area contributed by atoms with Gasteiger partial charge in [0.1, 0.15) is 0 Å². The van der Waals surface area contributed by atoms with Crippen LogP contribution in [-0.4, -0.2) is 6.10 Å². The van der Waals surface area contributed by atoms with Crippen molar-refractivity contribution < 1.29 is 13.5 Å². The Morgan fingerprint density at radius 1 is 0.750 bits per heavy atom. The topological polar surface area (TPSA) is 9.23 Å². The molecule has 0 aliphatic heterocycles. The molecule has 0 spiro atoms. The van der Waals surface area contributed by atoms with Gasteiger partial charge >= 0.3 is 0 Å². The predicted octanol–water partition coefficient (Wildman–Crippen LogP) is 8.60. The molecule has 0 heterocycles. The lowest BCUT2D eigenvalue weighted by molar-refractivity contribution is 0.192. The fraction of sp³-hybridized carbons (Fsp3) is 0.379. The number of rotatable bonds is 8. The van der Waals surface area contributed by atoms with E-state index in [0.717, 1.165) is 49.7 Å². The monoisotopic (exact) mass is 434 g/mol. The second-order valence-electron chi connectivity index (χ2n) is 8.97. The van der Waals surface area contributed by atoms with E-state index >= 15 is 0 Å². The Labute approximate surface area is 190 Å². The van der Waals surface area contributed by atoms with Crippen molar-refractivity contribution >= 4 is 0 Å². The summed E-state index contributed by atoms with van der Waals surface area (Å²) in [6.07, 6.45) is 7.45. The smallest absolute Gasteiger partial charge is 0.201 e. The van der Waals surface area contributed by atoms with E-state index in [9.17, 15) is 8.78 Å². The van der Waals surface area contributed by atoms with Crippen molar-refractivity contribution in [2.45, 2.75) is 64.9 Å². The van der Waals surface area contributed by atoms with E-state index in [-0.39, 0.29) is 17.4 Å². The maximum atomic E-state index is 14.9. The summed E-state index contributed by atoms with van der Waals surface area (Å²) < 4.78 is 35.5. The highest BCUT2D eigenvalue weighted by Crippen LogP contribution is 2.35. The number of aryl methyl sites for hydroxylation is 1. The number of hydrogen-bond donors (Lipinski definition) is 0. The van der Waals surface area contributed by atoms with Crippen LogP contribution < -0.4 is 4.74 Å². The first-order valence-electron chi connectivity index (χ1n) is 11.9. The molecule has 0 N–H and O–H groups in total. The lowest BCUT2D eigenvalue weighted by Gasteiger charge is -2.16. The van der Waals surface area contributed by atoms with E-state index in [0.29, 0.717) is 11.5 Å². The number of benzene rings is 3. The molecule has 0 radical (unpaired) electrons. The quantitative estimate of drug-likeness (QED) is 0.345. The molecule has 1 nitrogen and oxygen atoms in total. The van der Waals surface area contributed by atoms with Crippen LogP contribution >= 0.6 is 0 Å². The molecule has 0 saturated heterocycles. The Kier molecular flexibility index (Phi) is 7.24. The average molecular weight is 435 g/mol. The highest BCUT2D eigenvalue weighted by Gasteiger charge is 2.27. The third kappa shape index (κ3) is 5.03. The SMILES string of the molecule is CCCc1ccc(-c2ccc(-c3ccc(OC4CCC(CCC)C4)c(F)c3F)cc2)cc1. The number of hydrogen-bond acceptors (Lipinski definition) is 1. The maximum absolute atomic E-state index is 14.9. The first-order valence-corrected chi connectivity index (χ1v) is 11.9. The zero-order chi connectivity index (χ0) is 22.5. The molecule has 1 saturated carbocycles. The minimum atomic E-state index is -0.892. The van der Waals surface area contributed by atoms with Crippen LogP contribution in [0.2, 0.25) is 0 Å². The third-order valence-corrected chi connectivity index (χ3v) is 6.55. The fourth-order valence-corrected chi connectivity index (χ4v) is 4.83. The Hall–Kier alpha value is -2.68. The van der Waals surface area contributed by atoms with Crippen molar-refractivity contribution in [1.29, 1.82) is 0 Å². The molecule has 2 atom stereocenters. The maximum Gasteiger partial charge on any atom is 0.201 e. The molecule has 2 unspecified atom stereocenters. The predicted molar refractivity (Wildman–Crippen MR) is 128 cm³/mol. The van der Waals surface area contributed by atoms with E-state index in [1.165, 1.54) is 12.0 Å². The minimum Gasteiger partial charge on any atom is -0.487 e. The van der Waals surface area contributed by atoms with Crippen LogP contribution in [0.4, 0.5) is 8.78 Å². The molecule has 0 bridgehead atoms. The van der Waals surface area contributed by atoms with Crippen molar-refractivity contribution in [2.75, 3.05) is 0 Å². The van der Waals surface area contributed by atoms with Gasteiger partial charge in [0.25, 0.3) is 0 Å². The van der Waals surface area contributed by atoms with Gasteiger partial charge in [-0.25, -0.2) is 4.39 Å². The van der Waals surface area contributed by atoms with E-state index in [4.69, 9.17) is 4.74 Å². The van der Waals surface area contributed by atoms with Gasteiger partial charge in [-0.2, -0.15) is 4.39 Å². The molecule has 1 aliphatic rings. The summed E-state index contributed by atoms with van der Waals surface area (Å²) in [5.74, 6) is -1.07. The number of ether oxygens (including phenoxy) is 1. The van der Waals surface area contributed by atoms with Crippen LogP contribution in [0.25, 0.3) is 22.3 Å². The van der Waals surface area contributed by atoms with Gasteiger partial charge in [0, 0.05) is 5.56 Å². The Morgan fingerprint density at radius 2 is 1.41 bits per heavy atom. The molecular formula is C29H32F2O. The van der Waals surface area contributed by atoms with Crippen LogP contribution in [0.3, 0.4) is 0 Å². The third-order valence-electron chi connectivity index (χ3n) is 6.55. The van der Waals surface area contributed by atoms with Crippen molar-refractivity contribution in [3.63, 3.8) is 0 Å². The van der Waals surface area contributed by atoms with Gasteiger partial charge in [-0.05, 0) is 66.0 Å². The first-order chi connectivity index (χ1) is 15.6. The first kappa shape index (κ1) is 22.5. The van der Waals surface area contributed by atoms with Gasteiger partial charge in [0.15, 0.2) is 11.6 Å². The van der Waals surface area contributed by atoms with Gasteiger partial charge in [0.05, 0.1) is 6.10 Å². The second kappa shape index (κ2) is 10.3. The Morgan fingerprint density at radius 3 is 2.06 bits per heavy atom. The van der Waals surface area contributed by atoms with Crippen LogP contribution in [0.1, 0.15) is 57.9 Å². The van der Waals surface area contributed by atoms with Crippen LogP contribution in [0, 0.1) is 17.6 Å². The molecular weight excluding hydrogens is 402 g/mol. The normalized spacial score (nSPS) is 18.1. The van der Waals surface area contributed by atoms with Crippen molar-refractivity contribution in [2.24, 2.45) is 5.92 Å². The summed E-state index contributed by atoms with van der Waals surface area (Å²) >= 11 is 0. The summed E-state index contributed by atoms with van der Waals surface area (Å²) in [5, 5.41) is 0. The van der Waals surface area contributed by atoms with Crippen LogP contribution in [-0.2, 0) is 6.42 Å². The summed E-state index contributed by atoms with van der Waals surface area (Å²) in [4.78, 5) is 0. The Bertz CT molecular complexity index is 1020. The standard InChI is InChI=1S/C29H32F2O/c1-3-5-20-7-10-22(11-8-20)23-12-14-24(15-13-23)26-17-18-27(29(31)28(26)30)32-25-16-9-21(19-25)6-4-2/h7-8,10-15,17-18,21,25H,3-6,9,16,19H2,1-2H3. The average Bonchev–Trinajstić information content (AvgIpc) is 3.25. The molecule has 3 heteroatoms. The van der Waals surface area contributed by atoms with E-state index in [1.54, 1.807) is 12.1 Å². The van der Waals surface area contributed by atoms with Gasteiger partial charge < -0.3 is 4.74 Å². The minimum absolute atomic E-state index is 0.0192. The molecule has 3 aromatic carbocycles. The molecule has 1 fully saturated rings. The van der Waals surface area contributed by atoms with Gasteiger partial charge in [-0.1, -0.05) is 81.6 Å². The van der Waals surface area contributed by atoms with Crippen molar-refractivity contribution in [1.82, 2.24) is 0 Å². The van der Waals surface area contributed by atoms with Crippen molar-refractivity contribution in [3.8, 4) is 28.0 Å². The fourth-order valence-electron chi connectivity index (χ4n) is 4.83. The largest absolute Gasteiger partial charge is 0.487 e. The summed E-state index contributed by atoms with van der Waals surface area (Å²) in [5.41, 5.74) is 4.41. The highest BCUT2D eigenvalue weighted by molar-refractivity contribution is 5.71. The summed E-state index contributed by atoms with van der Waals surface area (Å²) in [7, 11) is 0. The lowest BCUT2D eigenvalue weighted by Crippen LogP contribution is -2.13.